The van der Waals surface area contributed by atoms with Gasteiger partial charge in [0.1, 0.15) is 0 Å². The molecule has 0 aliphatic carbocycles. The Kier molecular flexibility index (Phi) is 7.35. The molecule has 24 heavy (non-hydrogen) atoms. The van der Waals surface area contributed by atoms with Gasteiger partial charge in [0.15, 0.2) is 0 Å². The summed E-state index contributed by atoms with van der Waals surface area (Å²) in [5.74, 6) is 1.02. The number of carbonyl (C=O) groups is 1. The van der Waals surface area contributed by atoms with Gasteiger partial charge in [0.25, 0.3) is 0 Å². The van der Waals surface area contributed by atoms with Crippen molar-refractivity contribution in [2.24, 2.45) is 5.92 Å². The van der Waals surface area contributed by atoms with Crippen LogP contribution in [-0.2, 0) is 4.79 Å². The van der Waals surface area contributed by atoms with Crippen LogP contribution in [0.2, 0.25) is 5.02 Å². The van der Waals surface area contributed by atoms with Gasteiger partial charge in [0.05, 0.1) is 16.8 Å². The number of hydrogen-bond donors (Lipinski definition) is 1. The molecular weight excluding hydrogens is 345 g/mol. The molecule has 2 saturated heterocycles. The number of para-hydroxylation sites is 1. The first-order valence-electron chi connectivity index (χ1n) is 8.65. The Hall–Kier alpha value is -0.810. The van der Waals surface area contributed by atoms with Gasteiger partial charge >= 0.3 is 0 Å². The molecule has 4 nitrogen and oxygen atoms in total. The number of nitrogens with zero attached hydrogens (tertiary/aromatic N) is 2. The molecule has 2 fully saturated rings. The van der Waals surface area contributed by atoms with Crippen molar-refractivity contribution in [2.75, 3.05) is 38.1 Å². The molecule has 2 aliphatic rings. The summed E-state index contributed by atoms with van der Waals surface area (Å²) in [5.41, 5.74) is 0.852. The predicted octanol–water partition coefficient (Wildman–Crippen LogP) is 3.19. The number of piperidine rings is 1. The van der Waals surface area contributed by atoms with E-state index in [0.29, 0.717) is 5.02 Å². The normalized spacial score (nSPS) is 22.7. The number of hydrogen-bond acceptors (Lipinski definition) is 3. The lowest BCUT2D eigenvalue weighted by atomic mass is 9.92. The highest BCUT2D eigenvalue weighted by Gasteiger charge is 2.38. The zero-order valence-corrected chi connectivity index (χ0v) is 15.8. The maximum Gasteiger partial charge on any atom is 0.244 e. The summed E-state index contributed by atoms with van der Waals surface area (Å²) in [6.45, 7) is 3.95. The van der Waals surface area contributed by atoms with E-state index in [9.17, 15) is 4.79 Å². The third-order valence-corrected chi connectivity index (χ3v) is 5.53. The van der Waals surface area contributed by atoms with Crippen LogP contribution in [0.3, 0.4) is 0 Å². The van der Waals surface area contributed by atoms with E-state index in [-0.39, 0.29) is 24.4 Å². The predicted molar refractivity (Wildman–Crippen MR) is 102 cm³/mol. The molecule has 0 spiro atoms. The van der Waals surface area contributed by atoms with E-state index in [0.717, 1.165) is 44.2 Å². The van der Waals surface area contributed by atoms with Crippen LogP contribution >= 0.6 is 24.0 Å². The fraction of sp³-hybridized carbons (Fsp3) is 0.611. The number of likely N-dealkylation sites (tertiary alicyclic amines) is 1. The Morgan fingerprint density at radius 1 is 1.17 bits per heavy atom. The van der Waals surface area contributed by atoms with Gasteiger partial charge in [0.2, 0.25) is 5.91 Å². The van der Waals surface area contributed by atoms with Gasteiger partial charge in [0, 0.05) is 6.54 Å². The zero-order chi connectivity index (χ0) is 16.2. The topological polar surface area (TPSA) is 35.6 Å². The Morgan fingerprint density at radius 2 is 1.88 bits per heavy atom. The van der Waals surface area contributed by atoms with Crippen molar-refractivity contribution < 1.29 is 4.79 Å². The van der Waals surface area contributed by atoms with Gasteiger partial charge < -0.3 is 10.2 Å². The van der Waals surface area contributed by atoms with Crippen molar-refractivity contribution in [1.82, 2.24) is 10.2 Å². The molecule has 1 atom stereocenters. The number of halogens is 2. The standard InChI is InChI=1S/C18H26ClN3O.ClH/c1-20-10-6-14-7-11-21(12-8-14)17-9-13-22(18(17)23)16-5-3-2-4-15(16)19;/h2-5,14,17,20H,6-13H2,1H3;1H. The minimum Gasteiger partial charge on any atom is -0.320 e. The van der Waals surface area contributed by atoms with Crippen molar-refractivity contribution in [3.05, 3.63) is 29.3 Å². The number of carbonyl (C=O) groups excluding carboxylic acids is 1. The maximum absolute atomic E-state index is 12.8. The molecule has 1 amide bonds. The van der Waals surface area contributed by atoms with Crippen LogP contribution in [-0.4, -0.2) is 50.1 Å². The van der Waals surface area contributed by atoms with Crippen LogP contribution < -0.4 is 10.2 Å². The molecular formula is C18H27Cl2N3O. The average molecular weight is 372 g/mol. The van der Waals surface area contributed by atoms with Crippen molar-refractivity contribution in [3.63, 3.8) is 0 Å². The number of amides is 1. The molecule has 1 aromatic carbocycles. The number of anilines is 1. The molecule has 0 radical (unpaired) electrons. The van der Waals surface area contributed by atoms with E-state index in [1.165, 1.54) is 19.3 Å². The number of nitrogens with one attached hydrogen (secondary N) is 1. The minimum atomic E-state index is 0. The van der Waals surface area contributed by atoms with Crippen LogP contribution in [0.4, 0.5) is 5.69 Å². The summed E-state index contributed by atoms with van der Waals surface area (Å²) in [5, 5.41) is 3.89. The smallest absolute Gasteiger partial charge is 0.244 e. The van der Waals surface area contributed by atoms with Crippen LogP contribution in [0, 0.1) is 5.92 Å². The van der Waals surface area contributed by atoms with E-state index in [1.54, 1.807) is 0 Å². The molecule has 1 N–H and O–H groups in total. The second-order valence-electron chi connectivity index (χ2n) is 6.62. The largest absolute Gasteiger partial charge is 0.320 e. The van der Waals surface area contributed by atoms with Crippen LogP contribution in [0.25, 0.3) is 0 Å². The summed E-state index contributed by atoms with van der Waals surface area (Å²) in [4.78, 5) is 17.1. The monoisotopic (exact) mass is 371 g/mol. The first kappa shape index (κ1) is 19.5. The number of rotatable bonds is 5. The minimum absolute atomic E-state index is 0. The molecule has 1 aromatic rings. The fourth-order valence-electron chi connectivity index (χ4n) is 3.82. The number of benzene rings is 1. The second kappa shape index (κ2) is 9.04. The highest BCUT2D eigenvalue weighted by Crippen LogP contribution is 2.32. The molecule has 134 valence electrons. The zero-order valence-electron chi connectivity index (χ0n) is 14.2. The first-order valence-corrected chi connectivity index (χ1v) is 9.03. The summed E-state index contributed by atoms with van der Waals surface area (Å²) >= 11 is 6.26. The van der Waals surface area contributed by atoms with Gasteiger partial charge in [-0.15, -0.1) is 12.4 Å². The molecule has 0 saturated carbocycles. The first-order chi connectivity index (χ1) is 11.2. The molecule has 1 unspecified atom stereocenters. The SMILES string of the molecule is CNCCC1CCN(C2CCN(c3ccccc3Cl)C2=O)CC1.Cl. The van der Waals surface area contributed by atoms with Crippen LogP contribution in [0.15, 0.2) is 24.3 Å². The molecule has 2 aliphatic heterocycles. The van der Waals surface area contributed by atoms with E-state index >= 15 is 0 Å². The van der Waals surface area contributed by atoms with E-state index in [4.69, 9.17) is 11.6 Å². The lowest BCUT2D eigenvalue weighted by Crippen LogP contribution is -2.46. The van der Waals surface area contributed by atoms with Gasteiger partial charge in [-0.1, -0.05) is 23.7 Å². The average Bonchev–Trinajstić information content (AvgIpc) is 2.95. The summed E-state index contributed by atoms with van der Waals surface area (Å²) in [7, 11) is 2.01. The summed E-state index contributed by atoms with van der Waals surface area (Å²) < 4.78 is 0. The fourth-order valence-corrected chi connectivity index (χ4v) is 4.05. The van der Waals surface area contributed by atoms with Gasteiger partial charge in [-0.3, -0.25) is 9.69 Å². The third kappa shape index (κ3) is 4.23. The Morgan fingerprint density at radius 3 is 2.54 bits per heavy atom. The summed E-state index contributed by atoms with van der Waals surface area (Å²) in [6, 6.07) is 7.67. The Bertz CT molecular complexity index is 547. The lowest BCUT2D eigenvalue weighted by molar-refractivity contribution is -0.122. The van der Waals surface area contributed by atoms with Gasteiger partial charge in [-0.25, -0.2) is 0 Å². The van der Waals surface area contributed by atoms with Crippen molar-refractivity contribution >= 4 is 35.6 Å². The molecule has 0 bridgehead atoms. The maximum atomic E-state index is 12.8. The van der Waals surface area contributed by atoms with Crippen LogP contribution in [0.1, 0.15) is 25.7 Å². The van der Waals surface area contributed by atoms with Crippen molar-refractivity contribution in [3.8, 4) is 0 Å². The molecule has 0 aromatic heterocycles. The quantitative estimate of drug-likeness (QED) is 0.862. The molecule has 2 heterocycles. The lowest BCUT2D eigenvalue weighted by Gasteiger charge is -2.35. The van der Waals surface area contributed by atoms with Crippen LogP contribution in [0.5, 0.6) is 0 Å². The van der Waals surface area contributed by atoms with E-state index in [1.807, 2.05) is 36.2 Å². The molecule has 3 rings (SSSR count). The highest BCUT2D eigenvalue weighted by molar-refractivity contribution is 6.33. The Balaban J connectivity index is 0.00000208. The van der Waals surface area contributed by atoms with Gasteiger partial charge in [-0.2, -0.15) is 0 Å². The van der Waals surface area contributed by atoms with Crippen molar-refractivity contribution in [1.29, 1.82) is 0 Å². The third-order valence-electron chi connectivity index (χ3n) is 5.21. The van der Waals surface area contributed by atoms with Crippen molar-refractivity contribution in [2.45, 2.75) is 31.7 Å². The van der Waals surface area contributed by atoms with E-state index in [2.05, 4.69) is 10.2 Å². The Labute approximate surface area is 155 Å². The van der Waals surface area contributed by atoms with Gasteiger partial charge in [-0.05, 0) is 70.4 Å². The second-order valence-corrected chi connectivity index (χ2v) is 7.02. The van der Waals surface area contributed by atoms with E-state index < -0.39 is 0 Å². The molecule has 6 heteroatoms. The highest BCUT2D eigenvalue weighted by atomic mass is 35.5. The summed E-state index contributed by atoms with van der Waals surface area (Å²) in [6.07, 6.45) is 4.56.